The number of rotatable bonds is 6. The number of aryl methyl sites for hydroxylation is 1. The number of benzene rings is 2. The number of oxazole rings is 1. The Morgan fingerprint density at radius 2 is 1.80 bits per heavy atom. The maximum Gasteiger partial charge on any atom is 0.272 e. The number of H-pyrrole nitrogens is 1. The van der Waals surface area contributed by atoms with E-state index in [4.69, 9.17) is 4.42 Å². The van der Waals surface area contributed by atoms with Gasteiger partial charge in [0, 0.05) is 62.9 Å². The Kier molecular flexibility index (Phi) is 6.28. The first kappa shape index (κ1) is 24.8. The molecule has 0 radical (unpaired) electrons. The second-order valence-corrected chi connectivity index (χ2v) is 9.90. The molecule has 7 rings (SSSR count). The largest absolute Gasteiger partial charge is 0.436 e. The molecule has 12 nitrogen and oxygen atoms in total. The quantitative estimate of drug-likeness (QED) is 0.334. The molecule has 1 aliphatic rings. The number of aromatic amines is 1. The van der Waals surface area contributed by atoms with E-state index in [9.17, 15) is 4.79 Å². The maximum atomic E-state index is 13.5. The van der Waals surface area contributed by atoms with E-state index >= 15 is 0 Å². The molecule has 1 fully saturated rings. The van der Waals surface area contributed by atoms with Gasteiger partial charge in [0.1, 0.15) is 17.0 Å². The molecule has 0 bridgehead atoms. The Balaban J connectivity index is 1.08. The van der Waals surface area contributed by atoms with Gasteiger partial charge in [-0.05, 0) is 35.9 Å². The minimum absolute atomic E-state index is 0.129. The fraction of sp³-hybridized carbons (Fsp3) is 0.207. The number of piperazine rings is 1. The van der Waals surface area contributed by atoms with Crippen molar-refractivity contribution in [3.05, 3.63) is 96.3 Å². The highest BCUT2D eigenvalue weighted by atomic mass is 16.3. The fourth-order valence-corrected chi connectivity index (χ4v) is 5.30. The molecule has 204 valence electrons. The summed E-state index contributed by atoms with van der Waals surface area (Å²) in [5, 5.41) is 14.8. The number of hydrogen-bond donors (Lipinski definition) is 1. The van der Waals surface area contributed by atoms with Gasteiger partial charge >= 0.3 is 0 Å². The van der Waals surface area contributed by atoms with Crippen LogP contribution in [0.3, 0.4) is 0 Å². The zero-order valence-corrected chi connectivity index (χ0v) is 22.3. The first-order valence-electron chi connectivity index (χ1n) is 13.3. The van der Waals surface area contributed by atoms with Crippen molar-refractivity contribution in [1.82, 2.24) is 49.9 Å². The van der Waals surface area contributed by atoms with Gasteiger partial charge in [-0.3, -0.25) is 14.7 Å². The number of fused-ring (bicyclic) bond motifs is 1. The van der Waals surface area contributed by atoms with Gasteiger partial charge in [-0.2, -0.15) is 5.21 Å². The SMILES string of the molecule is Cn1ccnc1-c1ccc2nc(-c3ccnc(C(=O)N4CCN([C@H](c5ccccc5)c5nn[nH]n5)CC4)c3)oc2c1. The third-order valence-electron chi connectivity index (χ3n) is 7.38. The number of nitrogens with one attached hydrogen (secondary N) is 1. The fourth-order valence-electron chi connectivity index (χ4n) is 5.30. The summed E-state index contributed by atoms with van der Waals surface area (Å²) in [4.78, 5) is 31.0. The molecule has 1 aliphatic heterocycles. The number of hydrogen-bond acceptors (Lipinski definition) is 9. The van der Waals surface area contributed by atoms with E-state index in [1.165, 1.54) is 0 Å². The molecule has 2 aromatic carbocycles. The normalized spacial score (nSPS) is 14.9. The van der Waals surface area contributed by atoms with Crippen molar-refractivity contribution in [2.24, 2.45) is 7.05 Å². The van der Waals surface area contributed by atoms with E-state index in [0.717, 1.165) is 22.5 Å². The van der Waals surface area contributed by atoms with Crippen molar-refractivity contribution in [2.45, 2.75) is 6.04 Å². The van der Waals surface area contributed by atoms with Crippen LogP contribution < -0.4 is 0 Å². The number of carbonyl (C=O) groups excluding carboxylic acids is 1. The number of imidazole rings is 1. The van der Waals surface area contributed by atoms with Crippen molar-refractivity contribution >= 4 is 17.0 Å². The van der Waals surface area contributed by atoms with Crippen molar-refractivity contribution in [3.8, 4) is 22.8 Å². The summed E-state index contributed by atoms with van der Waals surface area (Å²) in [5.41, 5.74) is 4.44. The summed E-state index contributed by atoms with van der Waals surface area (Å²) in [5.74, 6) is 1.75. The lowest BCUT2D eigenvalue weighted by atomic mass is 10.0. The van der Waals surface area contributed by atoms with Crippen molar-refractivity contribution in [3.63, 3.8) is 0 Å². The molecule has 0 unspecified atom stereocenters. The Bertz CT molecular complexity index is 1800. The molecule has 5 heterocycles. The van der Waals surface area contributed by atoms with Crippen molar-refractivity contribution in [2.75, 3.05) is 26.2 Å². The van der Waals surface area contributed by atoms with Gasteiger partial charge in [-0.25, -0.2) is 9.97 Å². The first-order valence-corrected chi connectivity index (χ1v) is 13.3. The third kappa shape index (κ3) is 4.74. The Hall–Kier alpha value is -5.23. The zero-order valence-electron chi connectivity index (χ0n) is 22.3. The molecule has 1 amide bonds. The number of tetrazole rings is 1. The Morgan fingerprint density at radius 3 is 2.56 bits per heavy atom. The minimum Gasteiger partial charge on any atom is -0.436 e. The van der Waals surface area contributed by atoms with E-state index in [0.29, 0.717) is 54.7 Å². The highest BCUT2D eigenvalue weighted by Gasteiger charge is 2.31. The van der Waals surface area contributed by atoms with Gasteiger partial charge in [0.2, 0.25) is 5.89 Å². The summed E-state index contributed by atoms with van der Waals surface area (Å²) in [6, 6.07) is 19.3. The van der Waals surface area contributed by atoms with Crippen LogP contribution in [-0.4, -0.2) is 82.0 Å². The van der Waals surface area contributed by atoms with Gasteiger partial charge in [-0.15, -0.1) is 10.2 Å². The summed E-state index contributed by atoms with van der Waals surface area (Å²) in [6.07, 6.45) is 5.28. The number of aromatic nitrogens is 8. The summed E-state index contributed by atoms with van der Waals surface area (Å²) < 4.78 is 8.05. The van der Waals surface area contributed by atoms with E-state index < -0.39 is 0 Å². The second-order valence-electron chi connectivity index (χ2n) is 9.90. The minimum atomic E-state index is -0.147. The average molecular weight is 547 g/mol. The van der Waals surface area contributed by atoms with E-state index in [-0.39, 0.29) is 11.9 Å². The van der Waals surface area contributed by atoms with Crippen LogP contribution in [0.4, 0.5) is 0 Å². The number of nitrogens with zero attached hydrogens (tertiary/aromatic N) is 9. The Morgan fingerprint density at radius 1 is 0.951 bits per heavy atom. The van der Waals surface area contributed by atoms with Crippen LogP contribution in [0, 0.1) is 0 Å². The summed E-state index contributed by atoms with van der Waals surface area (Å²) in [7, 11) is 1.95. The van der Waals surface area contributed by atoms with Crippen LogP contribution in [0.1, 0.15) is 27.9 Å². The van der Waals surface area contributed by atoms with Crippen LogP contribution in [0.15, 0.2) is 83.7 Å². The zero-order chi connectivity index (χ0) is 27.8. The molecular weight excluding hydrogens is 520 g/mol. The van der Waals surface area contributed by atoms with Gasteiger partial charge in [0.15, 0.2) is 11.4 Å². The molecule has 12 heteroatoms. The molecule has 0 spiro atoms. The van der Waals surface area contributed by atoms with Gasteiger partial charge < -0.3 is 13.9 Å². The van der Waals surface area contributed by atoms with Crippen molar-refractivity contribution in [1.29, 1.82) is 0 Å². The van der Waals surface area contributed by atoms with Crippen LogP contribution in [0.25, 0.3) is 33.9 Å². The lowest BCUT2D eigenvalue weighted by Crippen LogP contribution is -2.50. The summed E-state index contributed by atoms with van der Waals surface area (Å²) in [6.45, 7) is 2.40. The molecule has 1 N–H and O–H groups in total. The van der Waals surface area contributed by atoms with Gasteiger partial charge in [0.05, 0.1) is 6.04 Å². The third-order valence-corrected chi connectivity index (χ3v) is 7.38. The molecule has 4 aromatic heterocycles. The maximum absolute atomic E-state index is 13.5. The number of pyridine rings is 1. The highest BCUT2D eigenvalue weighted by molar-refractivity contribution is 5.93. The topological polar surface area (TPSA) is 135 Å². The van der Waals surface area contributed by atoms with Crippen LogP contribution in [-0.2, 0) is 7.05 Å². The standard InChI is InChI=1S/C29H26N10O2/c1-37-12-11-31-27(37)20-7-8-22-24(18-20)41-28(32-22)21-9-10-30-23(17-21)29(40)39-15-13-38(14-16-39)25(26-33-35-36-34-26)19-5-3-2-4-6-19/h2-12,17-18,25H,13-16H2,1H3,(H,33,34,35,36)/t25-/m1/s1. The molecular formula is C29H26N10O2. The van der Waals surface area contributed by atoms with E-state index in [2.05, 4.69) is 52.6 Å². The molecule has 0 aliphatic carbocycles. The van der Waals surface area contributed by atoms with Gasteiger partial charge in [0.25, 0.3) is 5.91 Å². The number of carbonyl (C=O) groups is 1. The molecule has 6 aromatic rings. The predicted molar refractivity (Wildman–Crippen MR) is 149 cm³/mol. The Labute approximate surface area is 234 Å². The van der Waals surface area contributed by atoms with Gasteiger partial charge in [-0.1, -0.05) is 35.5 Å². The molecule has 0 saturated carbocycles. The van der Waals surface area contributed by atoms with Crippen LogP contribution in [0.5, 0.6) is 0 Å². The number of amides is 1. The van der Waals surface area contributed by atoms with Crippen molar-refractivity contribution < 1.29 is 9.21 Å². The van der Waals surface area contributed by atoms with E-state index in [1.807, 2.05) is 59.1 Å². The molecule has 41 heavy (non-hydrogen) atoms. The lowest BCUT2D eigenvalue weighted by Gasteiger charge is -2.38. The molecule has 1 saturated heterocycles. The second kappa shape index (κ2) is 10.4. The average Bonchev–Trinajstić information content (AvgIpc) is 3.79. The monoisotopic (exact) mass is 546 g/mol. The summed E-state index contributed by atoms with van der Waals surface area (Å²) >= 11 is 0. The lowest BCUT2D eigenvalue weighted by molar-refractivity contribution is 0.0586. The molecule has 1 atom stereocenters. The predicted octanol–water partition coefficient (Wildman–Crippen LogP) is 3.35. The smallest absolute Gasteiger partial charge is 0.272 e. The first-order chi connectivity index (χ1) is 20.1. The van der Waals surface area contributed by atoms with Crippen LogP contribution in [0.2, 0.25) is 0 Å². The van der Waals surface area contributed by atoms with Crippen LogP contribution >= 0.6 is 0 Å². The highest BCUT2D eigenvalue weighted by Crippen LogP contribution is 2.29. The van der Waals surface area contributed by atoms with E-state index in [1.54, 1.807) is 24.5 Å².